The summed E-state index contributed by atoms with van der Waals surface area (Å²) < 4.78 is 0. The third-order valence-corrected chi connectivity index (χ3v) is 2.06. The predicted molar refractivity (Wildman–Crippen MR) is 50.7 cm³/mol. The number of benzene rings is 1. The van der Waals surface area contributed by atoms with Gasteiger partial charge in [-0.2, -0.15) is 0 Å². The molecule has 0 aromatic heterocycles. The lowest BCUT2D eigenvalue weighted by Gasteiger charge is -2.00. The SMILES string of the molecule is Cc1cccc(S)c1C.F.F.F. The Morgan fingerprint density at radius 3 is 1.83 bits per heavy atom. The summed E-state index contributed by atoms with van der Waals surface area (Å²) in [7, 11) is 0. The molecule has 0 fully saturated rings. The Hall–Kier alpha value is -0.640. The zero-order valence-corrected chi connectivity index (χ0v) is 7.80. The second-order valence-electron chi connectivity index (χ2n) is 2.22. The van der Waals surface area contributed by atoms with Gasteiger partial charge in [-0.1, -0.05) is 12.1 Å². The van der Waals surface area contributed by atoms with Crippen molar-refractivity contribution < 1.29 is 14.1 Å². The summed E-state index contributed by atoms with van der Waals surface area (Å²) in [5, 5.41) is 0. The van der Waals surface area contributed by atoms with E-state index in [1.807, 2.05) is 12.1 Å². The van der Waals surface area contributed by atoms with Crippen molar-refractivity contribution in [1.82, 2.24) is 0 Å². The number of halogens is 3. The number of thiol groups is 1. The highest BCUT2D eigenvalue weighted by atomic mass is 32.1. The normalized spacial score (nSPS) is 7.25. The van der Waals surface area contributed by atoms with E-state index in [1.165, 1.54) is 11.1 Å². The Balaban J connectivity index is -0.000000270. The zero-order chi connectivity index (χ0) is 6.85. The second-order valence-corrected chi connectivity index (χ2v) is 2.70. The smallest absolute Gasteiger partial charge is 0.00718 e. The summed E-state index contributed by atoms with van der Waals surface area (Å²) >= 11 is 4.27. The lowest BCUT2D eigenvalue weighted by Crippen LogP contribution is -1.79. The largest absolute Gasteiger partial charge is 0.269 e. The van der Waals surface area contributed by atoms with E-state index in [0.717, 1.165) is 4.90 Å². The van der Waals surface area contributed by atoms with E-state index in [1.54, 1.807) is 0 Å². The minimum Gasteiger partial charge on any atom is -0.269 e. The molecule has 0 bridgehead atoms. The van der Waals surface area contributed by atoms with Crippen molar-refractivity contribution in [3.05, 3.63) is 29.3 Å². The average molecular weight is 198 g/mol. The maximum atomic E-state index is 4.27. The fraction of sp³-hybridized carbons (Fsp3) is 0.250. The van der Waals surface area contributed by atoms with Gasteiger partial charge in [-0.05, 0) is 31.0 Å². The molecule has 1 aromatic carbocycles. The van der Waals surface area contributed by atoms with Gasteiger partial charge in [0.25, 0.3) is 0 Å². The average Bonchev–Trinajstić information content (AvgIpc) is 1.83. The van der Waals surface area contributed by atoms with Gasteiger partial charge in [-0.25, -0.2) is 0 Å². The molecule has 12 heavy (non-hydrogen) atoms. The number of aryl methyl sites for hydroxylation is 1. The molecule has 0 nitrogen and oxygen atoms in total. The van der Waals surface area contributed by atoms with Crippen molar-refractivity contribution in [2.45, 2.75) is 18.7 Å². The summed E-state index contributed by atoms with van der Waals surface area (Å²) in [6.45, 7) is 4.17. The van der Waals surface area contributed by atoms with E-state index in [9.17, 15) is 0 Å². The molecule has 1 aromatic rings. The number of hydrogen-bond donors (Lipinski definition) is 1. The molecule has 0 aliphatic heterocycles. The van der Waals surface area contributed by atoms with Gasteiger partial charge in [-0.15, -0.1) is 12.6 Å². The first-order chi connectivity index (χ1) is 4.22. The van der Waals surface area contributed by atoms with Crippen LogP contribution in [0.4, 0.5) is 14.1 Å². The van der Waals surface area contributed by atoms with Crippen LogP contribution in [0, 0.1) is 13.8 Å². The molecule has 0 saturated heterocycles. The van der Waals surface area contributed by atoms with Crippen LogP contribution >= 0.6 is 12.6 Å². The minimum absolute atomic E-state index is 0. The van der Waals surface area contributed by atoms with Gasteiger partial charge in [0.1, 0.15) is 0 Å². The van der Waals surface area contributed by atoms with Crippen LogP contribution in [0.5, 0.6) is 0 Å². The molecular formula is C8H13F3S. The van der Waals surface area contributed by atoms with Gasteiger partial charge < -0.3 is 0 Å². The van der Waals surface area contributed by atoms with Crippen LogP contribution in [0.15, 0.2) is 23.1 Å². The van der Waals surface area contributed by atoms with Crippen molar-refractivity contribution in [3.8, 4) is 0 Å². The van der Waals surface area contributed by atoms with Crippen molar-refractivity contribution >= 4 is 12.6 Å². The van der Waals surface area contributed by atoms with Crippen LogP contribution in [-0.2, 0) is 0 Å². The predicted octanol–water partition coefficient (Wildman–Crippen LogP) is 3.05. The summed E-state index contributed by atoms with van der Waals surface area (Å²) in [6.07, 6.45) is 0. The van der Waals surface area contributed by atoms with Gasteiger partial charge in [0, 0.05) is 4.90 Å². The summed E-state index contributed by atoms with van der Waals surface area (Å²) in [6, 6.07) is 6.12. The van der Waals surface area contributed by atoms with Gasteiger partial charge in [0.05, 0.1) is 0 Å². The Morgan fingerprint density at radius 2 is 1.50 bits per heavy atom. The van der Waals surface area contributed by atoms with Crippen LogP contribution in [-0.4, -0.2) is 0 Å². The molecule has 0 aliphatic carbocycles. The van der Waals surface area contributed by atoms with Crippen molar-refractivity contribution in [1.29, 1.82) is 0 Å². The molecule has 72 valence electrons. The highest BCUT2D eigenvalue weighted by Gasteiger charge is 1.92. The van der Waals surface area contributed by atoms with E-state index >= 15 is 0 Å². The topological polar surface area (TPSA) is 0 Å². The minimum atomic E-state index is 0. The van der Waals surface area contributed by atoms with Crippen LogP contribution in [0.1, 0.15) is 11.1 Å². The molecule has 4 heteroatoms. The lowest BCUT2D eigenvalue weighted by atomic mass is 10.1. The van der Waals surface area contributed by atoms with Crippen LogP contribution in [0.2, 0.25) is 0 Å². The molecule has 0 unspecified atom stereocenters. The Morgan fingerprint density at radius 1 is 1.00 bits per heavy atom. The first-order valence-corrected chi connectivity index (χ1v) is 3.41. The fourth-order valence-corrected chi connectivity index (χ4v) is 0.998. The van der Waals surface area contributed by atoms with E-state index in [2.05, 4.69) is 32.5 Å². The molecule has 0 spiro atoms. The van der Waals surface area contributed by atoms with E-state index in [-0.39, 0.29) is 14.1 Å². The molecule has 0 atom stereocenters. The molecule has 0 N–H and O–H groups in total. The second kappa shape index (κ2) is 7.03. The molecule has 0 amide bonds. The molecule has 0 heterocycles. The summed E-state index contributed by atoms with van der Waals surface area (Å²) in [5.74, 6) is 0. The van der Waals surface area contributed by atoms with Crippen LogP contribution in [0.3, 0.4) is 0 Å². The highest BCUT2D eigenvalue weighted by molar-refractivity contribution is 7.80. The van der Waals surface area contributed by atoms with Crippen molar-refractivity contribution in [3.63, 3.8) is 0 Å². The molecule has 0 radical (unpaired) electrons. The summed E-state index contributed by atoms with van der Waals surface area (Å²) in [5.41, 5.74) is 2.59. The molecular weight excluding hydrogens is 185 g/mol. The Bertz CT molecular complexity index is 205. The Labute approximate surface area is 75.5 Å². The summed E-state index contributed by atoms with van der Waals surface area (Å²) in [4.78, 5) is 1.08. The maximum absolute atomic E-state index is 4.27. The van der Waals surface area contributed by atoms with Crippen LogP contribution < -0.4 is 0 Å². The standard InChI is InChI=1S/C8H10S.3FH/c1-6-4-3-5-8(9)7(6)2;;;/h3-5,9H,1-2H3;3*1H. The van der Waals surface area contributed by atoms with E-state index in [4.69, 9.17) is 0 Å². The highest BCUT2D eigenvalue weighted by Crippen LogP contribution is 2.15. The monoisotopic (exact) mass is 198 g/mol. The first kappa shape index (κ1) is 17.4. The quantitative estimate of drug-likeness (QED) is 0.608. The van der Waals surface area contributed by atoms with E-state index < -0.39 is 0 Å². The maximum Gasteiger partial charge on any atom is 0.00718 e. The molecule has 0 aliphatic rings. The van der Waals surface area contributed by atoms with Crippen LogP contribution in [0.25, 0.3) is 0 Å². The van der Waals surface area contributed by atoms with Crippen molar-refractivity contribution in [2.75, 3.05) is 0 Å². The zero-order valence-electron chi connectivity index (χ0n) is 6.90. The van der Waals surface area contributed by atoms with Gasteiger partial charge in [0.15, 0.2) is 0 Å². The number of rotatable bonds is 0. The molecule has 0 saturated carbocycles. The third-order valence-electron chi connectivity index (χ3n) is 1.58. The third kappa shape index (κ3) is 3.67. The van der Waals surface area contributed by atoms with Gasteiger partial charge >= 0.3 is 0 Å². The number of hydrogen-bond acceptors (Lipinski definition) is 1. The molecule has 1 rings (SSSR count). The van der Waals surface area contributed by atoms with Gasteiger partial charge in [-0.3, -0.25) is 14.1 Å². The van der Waals surface area contributed by atoms with E-state index in [0.29, 0.717) is 0 Å². The lowest BCUT2D eigenvalue weighted by molar-refractivity contribution is 1.11. The Kier molecular flexibility index (Phi) is 10.2. The fourth-order valence-electron chi connectivity index (χ4n) is 0.736. The first-order valence-electron chi connectivity index (χ1n) is 2.97. The van der Waals surface area contributed by atoms with Crippen molar-refractivity contribution in [2.24, 2.45) is 0 Å². The van der Waals surface area contributed by atoms with Gasteiger partial charge in [0.2, 0.25) is 0 Å².